The standard InChI is InChI=1S/C11H20N2O/c1-13(7-8-14)11-6-4-2-3-5-10(11)9-12/h10-11,14H,2-8H2,1H3. The van der Waals surface area contributed by atoms with E-state index in [-0.39, 0.29) is 12.5 Å². The van der Waals surface area contributed by atoms with Crippen molar-refractivity contribution in [3.63, 3.8) is 0 Å². The molecule has 1 fully saturated rings. The molecule has 0 radical (unpaired) electrons. The average Bonchev–Trinajstić information content (AvgIpc) is 2.42. The monoisotopic (exact) mass is 196 g/mol. The number of aliphatic hydroxyl groups excluding tert-OH is 1. The first-order valence-corrected chi connectivity index (χ1v) is 5.50. The molecule has 3 nitrogen and oxygen atoms in total. The fourth-order valence-corrected chi connectivity index (χ4v) is 2.29. The van der Waals surface area contributed by atoms with Crippen molar-refractivity contribution in [2.24, 2.45) is 5.92 Å². The van der Waals surface area contributed by atoms with Crippen molar-refractivity contribution in [2.75, 3.05) is 20.2 Å². The zero-order chi connectivity index (χ0) is 10.4. The summed E-state index contributed by atoms with van der Waals surface area (Å²) in [6.07, 6.45) is 5.79. The molecule has 3 heteroatoms. The molecule has 0 aliphatic heterocycles. The molecule has 14 heavy (non-hydrogen) atoms. The molecule has 1 aliphatic carbocycles. The SMILES string of the molecule is CN(CCO)C1CCCCCC1C#N. The molecule has 0 heterocycles. The minimum absolute atomic E-state index is 0.161. The lowest BCUT2D eigenvalue weighted by atomic mass is 9.95. The van der Waals surface area contributed by atoms with E-state index in [2.05, 4.69) is 11.0 Å². The van der Waals surface area contributed by atoms with Crippen molar-refractivity contribution in [1.82, 2.24) is 4.90 Å². The lowest BCUT2D eigenvalue weighted by Gasteiger charge is -2.29. The van der Waals surface area contributed by atoms with Crippen LogP contribution in [-0.4, -0.2) is 36.2 Å². The van der Waals surface area contributed by atoms with Gasteiger partial charge in [0.05, 0.1) is 18.6 Å². The lowest BCUT2D eigenvalue weighted by molar-refractivity contribution is 0.150. The molecular weight excluding hydrogens is 176 g/mol. The van der Waals surface area contributed by atoms with Crippen molar-refractivity contribution in [2.45, 2.75) is 38.1 Å². The minimum atomic E-state index is 0.161. The zero-order valence-corrected chi connectivity index (χ0v) is 8.95. The van der Waals surface area contributed by atoms with Gasteiger partial charge < -0.3 is 5.11 Å². The van der Waals surface area contributed by atoms with Gasteiger partial charge in [-0.2, -0.15) is 5.26 Å². The molecule has 1 saturated carbocycles. The highest BCUT2D eigenvalue weighted by atomic mass is 16.3. The Kier molecular flexibility index (Phi) is 4.92. The van der Waals surface area contributed by atoms with Gasteiger partial charge in [0.2, 0.25) is 0 Å². The van der Waals surface area contributed by atoms with Gasteiger partial charge in [-0.05, 0) is 19.9 Å². The summed E-state index contributed by atoms with van der Waals surface area (Å²) in [5.41, 5.74) is 0. The third-order valence-corrected chi connectivity index (χ3v) is 3.16. The van der Waals surface area contributed by atoms with E-state index in [1.54, 1.807) is 0 Å². The molecule has 0 bridgehead atoms. The zero-order valence-electron chi connectivity index (χ0n) is 8.95. The number of nitrogens with zero attached hydrogens (tertiary/aromatic N) is 2. The molecule has 2 unspecified atom stereocenters. The Balaban J connectivity index is 2.56. The van der Waals surface area contributed by atoms with Crippen molar-refractivity contribution in [1.29, 1.82) is 5.26 Å². The molecule has 0 aromatic rings. The number of likely N-dealkylation sites (N-methyl/N-ethyl adjacent to an activating group) is 1. The molecule has 1 N–H and O–H groups in total. The Labute approximate surface area is 86.3 Å². The van der Waals surface area contributed by atoms with Crippen LogP contribution in [0.1, 0.15) is 32.1 Å². The predicted octanol–water partition coefficient (Wildman–Crippen LogP) is 1.38. The van der Waals surface area contributed by atoms with E-state index in [1.165, 1.54) is 19.3 Å². The summed E-state index contributed by atoms with van der Waals surface area (Å²) < 4.78 is 0. The molecule has 0 aromatic carbocycles. The maximum absolute atomic E-state index is 9.06. The Morgan fingerprint density at radius 2 is 2.07 bits per heavy atom. The minimum Gasteiger partial charge on any atom is -0.395 e. The Morgan fingerprint density at radius 1 is 1.36 bits per heavy atom. The molecule has 80 valence electrons. The molecule has 1 aliphatic rings. The maximum Gasteiger partial charge on any atom is 0.0672 e. The number of rotatable bonds is 3. The summed E-state index contributed by atoms with van der Waals surface area (Å²) in [6, 6.07) is 2.77. The van der Waals surface area contributed by atoms with Crippen molar-refractivity contribution < 1.29 is 5.11 Å². The van der Waals surface area contributed by atoms with Gasteiger partial charge >= 0.3 is 0 Å². The van der Waals surface area contributed by atoms with Gasteiger partial charge in [-0.25, -0.2) is 0 Å². The van der Waals surface area contributed by atoms with Crippen molar-refractivity contribution >= 4 is 0 Å². The summed E-state index contributed by atoms with van der Waals surface area (Å²) >= 11 is 0. The van der Waals surface area contributed by atoms with E-state index in [9.17, 15) is 0 Å². The van der Waals surface area contributed by atoms with Gasteiger partial charge in [-0.1, -0.05) is 19.3 Å². The molecular formula is C11H20N2O. The second kappa shape index (κ2) is 6.00. The van der Waals surface area contributed by atoms with E-state index in [1.807, 2.05) is 7.05 Å². The van der Waals surface area contributed by atoms with E-state index in [0.29, 0.717) is 12.6 Å². The Morgan fingerprint density at radius 3 is 2.71 bits per heavy atom. The van der Waals surface area contributed by atoms with Crippen LogP contribution in [0.3, 0.4) is 0 Å². The average molecular weight is 196 g/mol. The summed E-state index contributed by atoms with van der Waals surface area (Å²) in [7, 11) is 2.01. The first-order chi connectivity index (χ1) is 6.79. The molecule has 0 saturated heterocycles. The third kappa shape index (κ3) is 2.97. The van der Waals surface area contributed by atoms with Crippen LogP contribution in [0.4, 0.5) is 0 Å². The third-order valence-electron chi connectivity index (χ3n) is 3.16. The van der Waals surface area contributed by atoms with Gasteiger partial charge in [0.25, 0.3) is 0 Å². The Bertz CT molecular complexity index is 200. The van der Waals surface area contributed by atoms with Gasteiger partial charge in [0.15, 0.2) is 0 Å². The van der Waals surface area contributed by atoms with E-state index >= 15 is 0 Å². The lowest BCUT2D eigenvalue weighted by Crippen LogP contribution is -2.38. The van der Waals surface area contributed by atoms with Gasteiger partial charge in [-0.3, -0.25) is 4.90 Å². The second-order valence-corrected chi connectivity index (χ2v) is 4.15. The topological polar surface area (TPSA) is 47.3 Å². The number of nitriles is 1. The normalized spacial score (nSPS) is 28.4. The van der Waals surface area contributed by atoms with Crippen LogP contribution in [0.2, 0.25) is 0 Å². The van der Waals surface area contributed by atoms with Crippen LogP contribution >= 0.6 is 0 Å². The smallest absolute Gasteiger partial charge is 0.0672 e. The highest BCUT2D eigenvalue weighted by molar-refractivity contribution is 4.93. The van der Waals surface area contributed by atoms with E-state index in [4.69, 9.17) is 10.4 Å². The van der Waals surface area contributed by atoms with Crippen molar-refractivity contribution in [3.05, 3.63) is 0 Å². The fraction of sp³-hybridized carbons (Fsp3) is 0.909. The van der Waals surface area contributed by atoms with Crippen LogP contribution in [0.15, 0.2) is 0 Å². The molecule has 0 aromatic heterocycles. The Hall–Kier alpha value is -0.590. The summed E-state index contributed by atoms with van der Waals surface area (Å²) in [4.78, 5) is 2.14. The van der Waals surface area contributed by atoms with Crippen LogP contribution < -0.4 is 0 Å². The second-order valence-electron chi connectivity index (χ2n) is 4.15. The molecule has 1 rings (SSSR count). The van der Waals surface area contributed by atoms with E-state index in [0.717, 1.165) is 12.8 Å². The predicted molar refractivity (Wildman–Crippen MR) is 55.7 cm³/mol. The van der Waals surface area contributed by atoms with Gasteiger partial charge in [0.1, 0.15) is 0 Å². The number of hydrogen-bond donors (Lipinski definition) is 1. The highest BCUT2D eigenvalue weighted by Crippen LogP contribution is 2.26. The largest absolute Gasteiger partial charge is 0.395 e. The van der Waals surface area contributed by atoms with E-state index < -0.39 is 0 Å². The van der Waals surface area contributed by atoms with Gasteiger partial charge in [0, 0.05) is 12.6 Å². The number of aliphatic hydroxyl groups is 1. The first kappa shape index (κ1) is 11.5. The summed E-state index contributed by atoms with van der Waals surface area (Å²) in [5.74, 6) is 0.161. The number of hydrogen-bond acceptors (Lipinski definition) is 3. The molecule has 0 amide bonds. The molecule has 0 spiro atoms. The summed E-state index contributed by atoms with van der Waals surface area (Å²) in [5, 5.41) is 17.9. The van der Waals surface area contributed by atoms with Crippen molar-refractivity contribution in [3.8, 4) is 6.07 Å². The quantitative estimate of drug-likeness (QED) is 0.694. The van der Waals surface area contributed by atoms with Crippen LogP contribution in [0, 0.1) is 17.2 Å². The maximum atomic E-state index is 9.06. The fourth-order valence-electron chi connectivity index (χ4n) is 2.29. The highest BCUT2D eigenvalue weighted by Gasteiger charge is 2.26. The van der Waals surface area contributed by atoms with Crippen LogP contribution in [-0.2, 0) is 0 Å². The summed E-state index contributed by atoms with van der Waals surface area (Å²) in [6.45, 7) is 0.869. The van der Waals surface area contributed by atoms with Gasteiger partial charge in [-0.15, -0.1) is 0 Å². The molecule has 2 atom stereocenters. The first-order valence-electron chi connectivity index (χ1n) is 5.50. The van der Waals surface area contributed by atoms with Crippen LogP contribution in [0.25, 0.3) is 0 Å². The van der Waals surface area contributed by atoms with Crippen LogP contribution in [0.5, 0.6) is 0 Å².